The van der Waals surface area contributed by atoms with Crippen molar-refractivity contribution >= 4 is 32.4 Å². The lowest BCUT2D eigenvalue weighted by atomic mass is 10.7. The van der Waals surface area contributed by atoms with Gasteiger partial charge in [0.2, 0.25) is 5.13 Å². The van der Waals surface area contributed by atoms with Crippen LogP contribution in [0.1, 0.15) is 5.01 Å². The molecule has 0 amide bonds. The van der Waals surface area contributed by atoms with Crippen molar-refractivity contribution in [1.82, 2.24) is 20.0 Å². The molecule has 0 aliphatic rings. The van der Waals surface area contributed by atoms with Crippen LogP contribution in [-0.2, 0) is 6.54 Å². The summed E-state index contributed by atoms with van der Waals surface area (Å²) in [6, 6.07) is 1.87. The van der Waals surface area contributed by atoms with Gasteiger partial charge >= 0.3 is 0 Å². The summed E-state index contributed by atoms with van der Waals surface area (Å²) >= 11 is 4.63. The van der Waals surface area contributed by atoms with Crippen molar-refractivity contribution < 1.29 is 0 Å². The standard InChI is InChI=1S/C6H6BrN5S/c7-4-1-2-12(11-4)3-5-9-10-6(8)13-5/h1-2H,3H2,(H2,8,10). The Morgan fingerprint density at radius 1 is 1.54 bits per heavy atom. The average molecular weight is 260 g/mol. The maximum absolute atomic E-state index is 5.44. The van der Waals surface area contributed by atoms with Crippen LogP contribution in [0.4, 0.5) is 5.13 Å². The Kier molecular flexibility index (Phi) is 2.28. The summed E-state index contributed by atoms with van der Waals surface area (Å²) in [5.74, 6) is 0. The van der Waals surface area contributed by atoms with Crippen LogP contribution in [0, 0.1) is 0 Å². The Bertz CT molecular complexity index is 370. The molecule has 0 spiro atoms. The van der Waals surface area contributed by atoms with Crippen molar-refractivity contribution in [3.05, 3.63) is 21.9 Å². The smallest absolute Gasteiger partial charge is 0.203 e. The first-order chi connectivity index (χ1) is 6.24. The molecule has 0 saturated heterocycles. The van der Waals surface area contributed by atoms with Crippen LogP contribution in [0.5, 0.6) is 0 Å². The number of aromatic nitrogens is 4. The van der Waals surface area contributed by atoms with Gasteiger partial charge in [-0.05, 0) is 22.0 Å². The second kappa shape index (κ2) is 3.43. The molecule has 0 aliphatic heterocycles. The second-order valence-electron chi connectivity index (χ2n) is 2.37. The largest absolute Gasteiger partial charge is 0.374 e. The number of halogens is 1. The zero-order valence-electron chi connectivity index (χ0n) is 6.51. The lowest BCUT2D eigenvalue weighted by molar-refractivity contribution is 0.673. The third-order valence-corrected chi connectivity index (χ3v) is 2.55. The zero-order chi connectivity index (χ0) is 9.26. The molecule has 2 rings (SSSR count). The van der Waals surface area contributed by atoms with Crippen LogP contribution >= 0.6 is 27.3 Å². The highest BCUT2D eigenvalue weighted by molar-refractivity contribution is 9.10. The minimum Gasteiger partial charge on any atom is -0.374 e. The van der Waals surface area contributed by atoms with Gasteiger partial charge in [-0.3, -0.25) is 4.68 Å². The Morgan fingerprint density at radius 3 is 2.92 bits per heavy atom. The molecule has 2 N–H and O–H groups in total. The van der Waals surface area contributed by atoms with Crippen LogP contribution in [0.2, 0.25) is 0 Å². The number of nitrogens with zero attached hydrogens (tertiary/aromatic N) is 4. The third-order valence-electron chi connectivity index (χ3n) is 1.39. The van der Waals surface area contributed by atoms with Gasteiger partial charge < -0.3 is 5.73 Å². The molecular formula is C6H6BrN5S. The van der Waals surface area contributed by atoms with Crippen LogP contribution in [0.3, 0.4) is 0 Å². The number of hydrogen-bond donors (Lipinski definition) is 1. The molecule has 0 atom stereocenters. The highest BCUT2D eigenvalue weighted by atomic mass is 79.9. The molecular weight excluding hydrogens is 254 g/mol. The van der Waals surface area contributed by atoms with Crippen molar-refractivity contribution in [3.63, 3.8) is 0 Å². The first-order valence-electron chi connectivity index (χ1n) is 3.51. The summed E-state index contributed by atoms with van der Waals surface area (Å²) < 4.78 is 2.58. The van der Waals surface area contributed by atoms with Gasteiger partial charge in [-0.15, -0.1) is 10.2 Å². The van der Waals surface area contributed by atoms with Gasteiger partial charge in [0.1, 0.15) is 9.61 Å². The van der Waals surface area contributed by atoms with E-state index in [1.807, 2.05) is 12.3 Å². The van der Waals surface area contributed by atoms with E-state index in [0.717, 1.165) is 9.61 Å². The van der Waals surface area contributed by atoms with Crippen LogP contribution in [0.25, 0.3) is 0 Å². The molecule has 7 heteroatoms. The van der Waals surface area contributed by atoms with Crippen molar-refractivity contribution in [2.75, 3.05) is 5.73 Å². The van der Waals surface area contributed by atoms with Crippen molar-refractivity contribution in [2.24, 2.45) is 0 Å². The number of nitrogen functional groups attached to an aromatic ring is 1. The number of hydrogen-bond acceptors (Lipinski definition) is 5. The highest BCUT2D eigenvalue weighted by Gasteiger charge is 2.02. The number of rotatable bonds is 2. The van der Waals surface area contributed by atoms with Crippen molar-refractivity contribution in [3.8, 4) is 0 Å². The van der Waals surface area contributed by atoms with E-state index in [4.69, 9.17) is 5.73 Å². The zero-order valence-corrected chi connectivity index (χ0v) is 8.92. The topological polar surface area (TPSA) is 69.6 Å². The summed E-state index contributed by atoms with van der Waals surface area (Å²) in [5.41, 5.74) is 5.44. The van der Waals surface area contributed by atoms with Gasteiger partial charge in [-0.2, -0.15) is 5.10 Å². The van der Waals surface area contributed by atoms with E-state index in [1.54, 1.807) is 4.68 Å². The number of nitrogens with two attached hydrogens (primary N) is 1. The SMILES string of the molecule is Nc1nnc(Cn2ccc(Br)n2)s1. The predicted molar refractivity (Wildman–Crippen MR) is 53.4 cm³/mol. The summed E-state index contributed by atoms with van der Waals surface area (Å²) in [4.78, 5) is 0. The van der Waals surface area contributed by atoms with Crippen LogP contribution in [-0.4, -0.2) is 20.0 Å². The Labute approximate surface area is 86.7 Å². The van der Waals surface area contributed by atoms with Crippen molar-refractivity contribution in [1.29, 1.82) is 0 Å². The van der Waals surface area contributed by atoms with E-state index in [9.17, 15) is 0 Å². The van der Waals surface area contributed by atoms with Gasteiger partial charge in [0, 0.05) is 6.20 Å². The summed E-state index contributed by atoms with van der Waals surface area (Å²) in [5, 5.41) is 13.1. The Hall–Kier alpha value is -0.950. The van der Waals surface area contributed by atoms with Crippen LogP contribution in [0.15, 0.2) is 16.9 Å². The molecule has 0 unspecified atom stereocenters. The van der Waals surface area contributed by atoms with Gasteiger partial charge in [-0.25, -0.2) is 0 Å². The molecule has 0 saturated carbocycles. The molecule has 0 fully saturated rings. The maximum Gasteiger partial charge on any atom is 0.203 e. The van der Waals surface area contributed by atoms with Crippen molar-refractivity contribution in [2.45, 2.75) is 6.54 Å². The van der Waals surface area contributed by atoms with E-state index in [-0.39, 0.29) is 0 Å². The fourth-order valence-corrected chi connectivity index (χ4v) is 1.82. The number of anilines is 1. The molecule has 2 aromatic rings. The quantitative estimate of drug-likeness (QED) is 0.878. The highest BCUT2D eigenvalue weighted by Crippen LogP contribution is 2.13. The molecule has 0 aromatic carbocycles. The molecule has 0 bridgehead atoms. The van der Waals surface area contributed by atoms with Gasteiger partial charge in [0.05, 0.1) is 6.54 Å². The Balaban J connectivity index is 2.14. The molecule has 2 aromatic heterocycles. The monoisotopic (exact) mass is 259 g/mol. The summed E-state index contributed by atoms with van der Waals surface area (Å²) in [6.07, 6.45) is 1.86. The summed E-state index contributed by atoms with van der Waals surface area (Å²) in [6.45, 7) is 0.612. The molecule has 2 heterocycles. The summed E-state index contributed by atoms with van der Waals surface area (Å²) in [7, 11) is 0. The third kappa shape index (κ3) is 2.04. The molecule has 5 nitrogen and oxygen atoms in total. The predicted octanol–water partition coefficient (Wildman–Crippen LogP) is 1.13. The lowest BCUT2D eigenvalue weighted by Crippen LogP contribution is -1.99. The fourth-order valence-electron chi connectivity index (χ4n) is 0.894. The van der Waals surface area contributed by atoms with Gasteiger partial charge in [0.15, 0.2) is 0 Å². The maximum atomic E-state index is 5.44. The van der Waals surface area contributed by atoms with Gasteiger partial charge in [-0.1, -0.05) is 11.3 Å². The minimum absolute atomic E-state index is 0.487. The lowest BCUT2D eigenvalue weighted by Gasteiger charge is -1.93. The van der Waals surface area contributed by atoms with Crippen LogP contribution < -0.4 is 5.73 Å². The van der Waals surface area contributed by atoms with Gasteiger partial charge in [0.25, 0.3) is 0 Å². The van der Waals surface area contributed by atoms with E-state index < -0.39 is 0 Å². The first-order valence-corrected chi connectivity index (χ1v) is 5.12. The molecule has 0 radical (unpaired) electrons. The molecule has 68 valence electrons. The Morgan fingerprint density at radius 2 is 2.38 bits per heavy atom. The minimum atomic E-state index is 0.487. The normalized spacial score (nSPS) is 10.5. The average Bonchev–Trinajstić information content (AvgIpc) is 2.62. The molecule has 13 heavy (non-hydrogen) atoms. The first kappa shape index (κ1) is 8.64. The second-order valence-corrected chi connectivity index (χ2v) is 4.28. The fraction of sp³-hybridized carbons (Fsp3) is 0.167. The molecule has 0 aliphatic carbocycles. The van der Waals surface area contributed by atoms with E-state index in [0.29, 0.717) is 11.7 Å². The van der Waals surface area contributed by atoms with E-state index in [1.165, 1.54) is 11.3 Å². The van der Waals surface area contributed by atoms with E-state index >= 15 is 0 Å². The van der Waals surface area contributed by atoms with E-state index in [2.05, 4.69) is 31.2 Å².